The average molecular weight is 255 g/mol. The lowest BCUT2D eigenvalue weighted by atomic mass is 10.1. The molecule has 19 heavy (non-hydrogen) atoms. The van der Waals surface area contributed by atoms with Gasteiger partial charge in [-0.1, -0.05) is 6.07 Å². The number of nitrogens with two attached hydrogens (primary N) is 1. The number of Topliss-reactive ketones (excluding diaryl/α,β-unsaturated/α-hetero) is 1. The van der Waals surface area contributed by atoms with Crippen LogP contribution in [0.4, 0.5) is 11.4 Å². The minimum Gasteiger partial charge on any atom is -0.398 e. The minimum atomic E-state index is -0.0226. The van der Waals surface area contributed by atoms with Crippen LogP contribution in [-0.2, 0) is 6.54 Å². The fourth-order valence-electron chi connectivity index (χ4n) is 1.91. The van der Waals surface area contributed by atoms with Gasteiger partial charge in [0.1, 0.15) is 0 Å². The van der Waals surface area contributed by atoms with E-state index in [0.29, 0.717) is 17.8 Å². The third kappa shape index (κ3) is 3.10. The summed E-state index contributed by atoms with van der Waals surface area (Å²) in [5.41, 5.74) is 8.80. The molecule has 0 aliphatic rings. The van der Waals surface area contributed by atoms with E-state index < -0.39 is 0 Å². The Labute approximate surface area is 112 Å². The van der Waals surface area contributed by atoms with Crippen molar-refractivity contribution >= 4 is 17.2 Å². The van der Waals surface area contributed by atoms with E-state index in [-0.39, 0.29) is 5.78 Å². The monoisotopic (exact) mass is 255 g/mol. The first-order chi connectivity index (χ1) is 9.08. The van der Waals surface area contributed by atoms with Crippen LogP contribution in [0.15, 0.2) is 42.6 Å². The molecule has 0 saturated carbocycles. The number of hydrogen-bond acceptors (Lipinski definition) is 4. The van der Waals surface area contributed by atoms with Crippen LogP contribution in [0.3, 0.4) is 0 Å². The van der Waals surface area contributed by atoms with Crippen LogP contribution in [0.25, 0.3) is 0 Å². The number of rotatable bonds is 4. The van der Waals surface area contributed by atoms with Crippen LogP contribution in [0.1, 0.15) is 23.0 Å². The summed E-state index contributed by atoms with van der Waals surface area (Å²) in [5, 5.41) is 0. The van der Waals surface area contributed by atoms with Crippen molar-refractivity contribution in [2.24, 2.45) is 0 Å². The minimum absolute atomic E-state index is 0.0226. The van der Waals surface area contributed by atoms with E-state index in [4.69, 9.17) is 5.73 Å². The van der Waals surface area contributed by atoms with Gasteiger partial charge in [-0.2, -0.15) is 0 Å². The zero-order valence-corrected chi connectivity index (χ0v) is 11.1. The van der Waals surface area contributed by atoms with Crippen molar-refractivity contribution < 1.29 is 4.79 Å². The molecule has 1 aromatic carbocycles. The van der Waals surface area contributed by atoms with Crippen LogP contribution in [0, 0.1) is 0 Å². The van der Waals surface area contributed by atoms with Crippen molar-refractivity contribution in [1.29, 1.82) is 0 Å². The molecule has 0 aliphatic carbocycles. The number of ketones is 1. The Kier molecular flexibility index (Phi) is 3.80. The fourth-order valence-corrected chi connectivity index (χ4v) is 1.91. The summed E-state index contributed by atoms with van der Waals surface area (Å²) in [6, 6.07) is 11.3. The SMILES string of the molecule is CC(=O)c1cc(N(C)Cc2ccccn2)ccc1N. The smallest absolute Gasteiger partial charge is 0.161 e. The molecule has 0 amide bonds. The predicted octanol–water partition coefficient (Wildman–Crippen LogP) is 2.50. The Morgan fingerprint density at radius 2 is 2.11 bits per heavy atom. The standard InChI is InChI=1S/C15H17N3O/c1-11(19)14-9-13(6-7-15(14)16)18(2)10-12-5-3-4-8-17-12/h3-9H,10,16H2,1-2H3. The highest BCUT2D eigenvalue weighted by Gasteiger charge is 2.09. The summed E-state index contributed by atoms with van der Waals surface area (Å²) in [4.78, 5) is 17.8. The Hall–Kier alpha value is -2.36. The summed E-state index contributed by atoms with van der Waals surface area (Å²) in [7, 11) is 1.96. The van der Waals surface area contributed by atoms with Gasteiger partial charge in [0.25, 0.3) is 0 Å². The fraction of sp³-hybridized carbons (Fsp3) is 0.200. The Morgan fingerprint density at radius 1 is 1.32 bits per heavy atom. The van der Waals surface area contributed by atoms with Gasteiger partial charge in [-0.05, 0) is 37.3 Å². The van der Waals surface area contributed by atoms with Gasteiger partial charge in [0.2, 0.25) is 0 Å². The first-order valence-electron chi connectivity index (χ1n) is 6.09. The first-order valence-corrected chi connectivity index (χ1v) is 6.09. The average Bonchev–Trinajstić information content (AvgIpc) is 2.40. The van der Waals surface area contributed by atoms with E-state index in [1.807, 2.05) is 42.3 Å². The Bertz CT molecular complexity index is 581. The van der Waals surface area contributed by atoms with Gasteiger partial charge in [0, 0.05) is 30.2 Å². The highest BCUT2D eigenvalue weighted by Crippen LogP contribution is 2.21. The van der Waals surface area contributed by atoms with Crippen LogP contribution in [0.2, 0.25) is 0 Å². The van der Waals surface area contributed by atoms with Gasteiger partial charge < -0.3 is 10.6 Å². The van der Waals surface area contributed by atoms with Crippen molar-refractivity contribution in [2.75, 3.05) is 17.7 Å². The topological polar surface area (TPSA) is 59.2 Å². The highest BCUT2D eigenvalue weighted by atomic mass is 16.1. The van der Waals surface area contributed by atoms with Gasteiger partial charge in [0.15, 0.2) is 5.78 Å². The van der Waals surface area contributed by atoms with E-state index in [9.17, 15) is 4.79 Å². The second kappa shape index (κ2) is 5.52. The van der Waals surface area contributed by atoms with Crippen LogP contribution in [-0.4, -0.2) is 17.8 Å². The zero-order valence-electron chi connectivity index (χ0n) is 11.1. The van der Waals surface area contributed by atoms with Gasteiger partial charge in [-0.15, -0.1) is 0 Å². The molecule has 0 spiro atoms. The lowest BCUT2D eigenvalue weighted by Gasteiger charge is -2.20. The first kappa shape index (κ1) is 13.1. The quantitative estimate of drug-likeness (QED) is 0.673. The molecule has 0 fully saturated rings. The van der Waals surface area contributed by atoms with Crippen molar-refractivity contribution in [3.05, 3.63) is 53.9 Å². The van der Waals surface area contributed by atoms with Gasteiger partial charge in [-0.25, -0.2) is 0 Å². The molecule has 1 aromatic heterocycles. The molecule has 0 bridgehead atoms. The van der Waals surface area contributed by atoms with E-state index in [1.54, 1.807) is 12.3 Å². The molecule has 0 radical (unpaired) electrons. The van der Waals surface area contributed by atoms with Crippen molar-refractivity contribution in [2.45, 2.75) is 13.5 Å². The van der Waals surface area contributed by atoms with Gasteiger partial charge in [-0.3, -0.25) is 9.78 Å². The molecular formula is C15H17N3O. The van der Waals surface area contributed by atoms with E-state index in [0.717, 1.165) is 11.4 Å². The summed E-state index contributed by atoms with van der Waals surface area (Å²) in [6.45, 7) is 2.20. The second-order valence-corrected chi connectivity index (χ2v) is 4.50. The molecule has 1 heterocycles. The number of carbonyl (C=O) groups excluding carboxylic acids is 1. The van der Waals surface area contributed by atoms with E-state index in [1.165, 1.54) is 6.92 Å². The number of nitrogen functional groups attached to an aromatic ring is 1. The molecule has 2 N–H and O–H groups in total. The lowest BCUT2D eigenvalue weighted by Crippen LogP contribution is -2.17. The molecule has 4 heteroatoms. The predicted molar refractivity (Wildman–Crippen MR) is 77.2 cm³/mol. The molecular weight excluding hydrogens is 238 g/mol. The normalized spacial score (nSPS) is 10.2. The van der Waals surface area contributed by atoms with Crippen LogP contribution < -0.4 is 10.6 Å². The molecule has 0 unspecified atom stereocenters. The lowest BCUT2D eigenvalue weighted by molar-refractivity contribution is 0.101. The van der Waals surface area contributed by atoms with E-state index >= 15 is 0 Å². The maximum atomic E-state index is 11.5. The number of anilines is 2. The maximum absolute atomic E-state index is 11.5. The largest absolute Gasteiger partial charge is 0.398 e. The second-order valence-electron chi connectivity index (χ2n) is 4.50. The number of pyridine rings is 1. The number of nitrogens with zero attached hydrogens (tertiary/aromatic N) is 2. The number of carbonyl (C=O) groups is 1. The maximum Gasteiger partial charge on any atom is 0.161 e. The highest BCUT2D eigenvalue weighted by molar-refractivity contribution is 6.00. The van der Waals surface area contributed by atoms with Gasteiger partial charge in [0.05, 0.1) is 12.2 Å². The third-order valence-electron chi connectivity index (χ3n) is 2.98. The van der Waals surface area contributed by atoms with Crippen molar-refractivity contribution in [3.8, 4) is 0 Å². The van der Waals surface area contributed by atoms with Crippen LogP contribution in [0.5, 0.6) is 0 Å². The molecule has 98 valence electrons. The van der Waals surface area contributed by atoms with Crippen molar-refractivity contribution in [3.63, 3.8) is 0 Å². The molecule has 0 atom stereocenters. The molecule has 2 aromatic rings. The molecule has 0 saturated heterocycles. The number of benzene rings is 1. The summed E-state index contributed by atoms with van der Waals surface area (Å²) in [5.74, 6) is -0.0226. The summed E-state index contributed by atoms with van der Waals surface area (Å²) < 4.78 is 0. The molecule has 4 nitrogen and oxygen atoms in total. The van der Waals surface area contributed by atoms with Crippen molar-refractivity contribution in [1.82, 2.24) is 4.98 Å². The number of aromatic nitrogens is 1. The molecule has 2 rings (SSSR count). The Morgan fingerprint density at radius 3 is 2.74 bits per heavy atom. The summed E-state index contributed by atoms with van der Waals surface area (Å²) >= 11 is 0. The van der Waals surface area contributed by atoms with E-state index in [2.05, 4.69) is 4.98 Å². The zero-order chi connectivity index (χ0) is 13.8. The van der Waals surface area contributed by atoms with Gasteiger partial charge >= 0.3 is 0 Å². The van der Waals surface area contributed by atoms with Crippen LogP contribution >= 0.6 is 0 Å². The Balaban J connectivity index is 2.22. The third-order valence-corrected chi connectivity index (χ3v) is 2.98. The number of hydrogen-bond donors (Lipinski definition) is 1. The molecule has 0 aliphatic heterocycles. The summed E-state index contributed by atoms with van der Waals surface area (Å²) in [6.07, 6.45) is 1.77.